The van der Waals surface area contributed by atoms with Crippen LogP contribution in [0.2, 0.25) is 0 Å². The topological polar surface area (TPSA) is 38.1 Å². The summed E-state index contributed by atoms with van der Waals surface area (Å²) in [6, 6.07) is 14.5. The molecule has 142 valence electrons. The van der Waals surface area contributed by atoms with Crippen molar-refractivity contribution < 1.29 is 9.18 Å². The molecule has 0 saturated heterocycles. The van der Waals surface area contributed by atoms with Gasteiger partial charge in [-0.15, -0.1) is 0 Å². The summed E-state index contributed by atoms with van der Waals surface area (Å²) < 4.78 is 16.5. The number of anilines is 1. The van der Waals surface area contributed by atoms with Crippen molar-refractivity contribution in [2.45, 2.75) is 38.0 Å². The summed E-state index contributed by atoms with van der Waals surface area (Å²) in [4.78, 5) is 15.2. The fourth-order valence-electron chi connectivity index (χ4n) is 4.87. The molecule has 4 nitrogen and oxygen atoms in total. The predicted octanol–water partition coefficient (Wildman–Crippen LogP) is 4.79. The van der Waals surface area contributed by atoms with Gasteiger partial charge in [0.05, 0.1) is 17.1 Å². The Hall–Kier alpha value is -2.95. The third-order valence-electron chi connectivity index (χ3n) is 6.16. The van der Waals surface area contributed by atoms with Gasteiger partial charge in [0.1, 0.15) is 5.82 Å². The van der Waals surface area contributed by atoms with Gasteiger partial charge in [-0.1, -0.05) is 25.0 Å². The van der Waals surface area contributed by atoms with Gasteiger partial charge in [0, 0.05) is 29.3 Å². The SMILES string of the molecule is Cc1ccn(-c2cccc(C(=O)N3CC4(CCCC4)c4c(F)cccc43)c2)n1. The van der Waals surface area contributed by atoms with Crippen LogP contribution >= 0.6 is 0 Å². The van der Waals surface area contributed by atoms with E-state index in [1.54, 1.807) is 15.6 Å². The zero-order chi connectivity index (χ0) is 19.3. The van der Waals surface area contributed by atoms with Crippen molar-refractivity contribution in [3.63, 3.8) is 0 Å². The molecule has 1 aliphatic heterocycles. The van der Waals surface area contributed by atoms with E-state index in [1.165, 1.54) is 6.07 Å². The number of halogens is 1. The summed E-state index contributed by atoms with van der Waals surface area (Å²) in [6.07, 6.45) is 5.94. The number of hydrogen-bond donors (Lipinski definition) is 0. The highest BCUT2D eigenvalue weighted by Crippen LogP contribution is 2.51. The maximum Gasteiger partial charge on any atom is 0.258 e. The van der Waals surface area contributed by atoms with E-state index in [0.717, 1.165) is 48.3 Å². The van der Waals surface area contributed by atoms with E-state index in [4.69, 9.17) is 0 Å². The number of aryl methyl sites for hydroxylation is 1. The van der Waals surface area contributed by atoms with Crippen molar-refractivity contribution in [3.05, 3.63) is 77.4 Å². The maximum atomic E-state index is 14.8. The zero-order valence-corrected chi connectivity index (χ0v) is 15.9. The lowest BCUT2D eigenvalue weighted by Crippen LogP contribution is -2.35. The summed E-state index contributed by atoms with van der Waals surface area (Å²) in [6.45, 7) is 2.50. The first kappa shape index (κ1) is 17.2. The van der Waals surface area contributed by atoms with E-state index in [9.17, 15) is 9.18 Å². The van der Waals surface area contributed by atoms with Crippen LogP contribution in [0, 0.1) is 12.7 Å². The molecule has 3 aromatic rings. The first-order chi connectivity index (χ1) is 13.6. The van der Waals surface area contributed by atoms with E-state index in [0.29, 0.717) is 12.1 Å². The summed E-state index contributed by atoms with van der Waals surface area (Å²) in [5, 5.41) is 4.43. The molecule has 5 rings (SSSR count). The lowest BCUT2D eigenvalue weighted by molar-refractivity contribution is 0.0985. The van der Waals surface area contributed by atoms with Gasteiger partial charge in [-0.3, -0.25) is 4.79 Å². The lowest BCUT2D eigenvalue weighted by Gasteiger charge is -2.25. The number of nitrogens with zero attached hydrogens (tertiary/aromatic N) is 3. The molecule has 5 heteroatoms. The minimum atomic E-state index is -0.229. The normalized spacial score (nSPS) is 17.3. The highest BCUT2D eigenvalue weighted by molar-refractivity contribution is 6.08. The van der Waals surface area contributed by atoms with Crippen LogP contribution in [0.3, 0.4) is 0 Å². The van der Waals surface area contributed by atoms with Crippen LogP contribution in [0.25, 0.3) is 5.69 Å². The van der Waals surface area contributed by atoms with Crippen molar-refractivity contribution in [1.29, 1.82) is 0 Å². The Morgan fingerprint density at radius 1 is 1.11 bits per heavy atom. The fraction of sp³-hybridized carbons (Fsp3) is 0.304. The summed E-state index contributed by atoms with van der Waals surface area (Å²) in [5.74, 6) is -0.267. The fourth-order valence-corrected chi connectivity index (χ4v) is 4.87. The first-order valence-corrected chi connectivity index (χ1v) is 9.81. The van der Waals surface area contributed by atoms with E-state index < -0.39 is 0 Å². The Balaban J connectivity index is 1.54. The third-order valence-corrected chi connectivity index (χ3v) is 6.16. The first-order valence-electron chi connectivity index (χ1n) is 9.81. The van der Waals surface area contributed by atoms with E-state index in [1.807, 2.05) is 49.5 Å². The average molecular weight is 375 g/mol. The van der Waals surface area contributed by atoms with Gasteiger partial charge in [0.15, 0.2) is 0 Å². The third kappa shape index (κ3) is 2.57. The van der Waals surface area contributed by atoms with Gasteiger partial charge in [-0.2, -0.15) is 5.10 Å². The zero-order valence-electron chi connectivity index (χ0n) is 15.9. The van der Waals surface area contributed by atoms with Crippen LogP contribution in [0.4, 0.5) is 10.1 Å². The lowest BCUT2D eigenvalue weighted by atomic mass is 9.80. The molecule has 0 atom stereocenters. The number of fused-ring (bicyclic) bond motifs is 2. The predicted molar refractivity (Wildman–Crippen MR) is 107 cm³/mol. The molecule has 0 unspecified atom stereocenters. The second-order valence-electron chi connectivity index (χ2n) is 7.96. The van der Waals surface area contributed by atoms with Gasteiger partial charge in [-0.05, 0) is 56.2 Å². The molecule has 1 fully saturated rings. The minimum absolute atomic E-state index is 0.0821. The van der Waals surface area contributed by atoms with Gasteiger partial charge in [0.2, 0.25) is 0 Å². The Morgan fingerprint density at radius 2 is 1.89 bits per heavy atom. The highest BCUT2D eigenvalue weighted by Gasteiger charge is 2.48. The molecule has 1 amide bonds. The van der Waals surface area contributed by atoms with E-state index in [2.05, 4.69) is 5.10 Å². The Bertz CT molecular complexity index is 1070. The van der Waals surface area contributed by atoms with Gasteiger partial charge in [0.25, 0.3) is 5.91 Å². The average Bonchev–Trinajstić information content (AvgIpc) is 3.42. The van der Waals surface area contributed by atoms with Crippen molar-refractivity contribution in [3.8, 4) is 5.69 Å². The molecule has 1 spiro atoms. The smallest absolute Gasteiger partial charge is 0.258 e. The molecule has 2 aliphatic rings. The van der Waals surface area contributed by atoms with Crippen LogP contribution in [0.15, 0.2) is 54.7 Å². The van der Waals surface area contributed by atoms with Crippen molar-refractivity contribution in [1.82, 2.24) is 9.78 Å². The van der Waals surface area contributed by atoms with Gasteiger partial charge < -0.3 is 4.90 Å². The molecule has 1 saturated carbocycles. The Kier molecular flexibility index (Phi) is 3.86. The number of hydrogen-bond acceptors (Lipinski definition) is 2. The number of rotatable bonds is 2. The molecule has 1 aliphatic carbocycles. The molecule has 1 aromatic heterocycles. The second kappa shape index (κ2) is 6.30. The number of aromatic nitrogens is 2. The Labute approximate surface area is 163 Å². The summed E-state index contributed by atoms with van der Waals surface area (Å²) in [7, 11) is 0. The molecular weight excluding hydrogens is 353 g/mol. The number of benzene rings is 2. The quantitative estimate of drug-likeness (QED) is 0.646. The summed E-state index contributed by atoms with van der Waals surface area (Å²) in [5.41, 5.74) is 3.59. The molecule has 2 heterocycles. The largest absolute Gasteiger partial charge is 0.307 e. The summed E-state index contributed by atoms with van der Waals surface area (Å²) >= 11 is 0. The van der Waals surface area contributed by atoms with E-state index >= 15 is 0 Å². The number of carbonyl (C=O) groups is 1. The van der Waals surface area contributed by atoms with Gasteiger partial charge >= 0.3 is 0 Å². The molecule has 0 N–H and O–H groups in total. The highest BCUT2D eigenvalue weighted by atomic mass is 19.1. The minimum Gasteiger partial charge on any atom is -0.307 e. The van der Waals surface area contributed by atoms with Crippen LogP contribution in [0.5, 0.6) is 0 Å². The van der Waals surface area contributed by atoms with Crippen LogP contribution in [-0.4, -0.2) is 22.2 Å². The molecule has 0 bridgehead atoms. The Morgan fingerprint density at radius 3 is 2.64 bits per heavy atom. The van der Waals surface area contributed by atoms with Crippen LogP contribution < -0.4 is 4.90 Å². The van der Waals surface area contributed by atoms with E-state index in [-0.39, 0.29) is 17.1 Å². The number of carbonyl (C=O) groups excluding carboxylic acids is 1. The standard InChI is InChI=1S/C23H22FN3O/c1-16-10-13-27(25-16)18-7-4-6-17(14-18)22(28)26-15-23(11-2-3-12-23)21-19(24)8-5-9-20(21)26/h4-10,13-14H,2-3,11-12,15H2,1H3. The monoisotopic (exact) mass is 375 g/mol. The van der Waals surface area contributed by atoms with Crippen molar-refractivity contribution in [2.75, 3.05) is 11.4 Å². The van der Waals surface area contributed by atoms with Crippen molar-refractivity contribution in [2.24, 2.45) is 0 Å². The van der Waals surface area contributed by atoms with Crippen LogP contribution in [-0.2, 0) is 5.41 Å². The number of amides is 1. The van der Waals surface area contributed by atoms with Crippen LogP contribution in [0.1, 0.15) is 47.3 Å². The van der Waals surface area contributed by atoms with Gasteiger partial charge in [-0.25, -0.2) is 9.07 Å². The molecule has 0 radical (unpaired) electrons. The second-order valence-corrected chi connectivity index (χ2v) is 7.96. The molecule has 2 aromatic carbocycles. The maximum absolute atomic E-state index is 14.8. The molecule has 28 heavy (non-hydrogen) atoms. The van der Waals surface area contributed by atoms with Crippen molar-refractivity contribution >= 4 is 11.6 Å². The molecular formula is C23H22FN3O.